The Balaban J connectivity index is 0.000000255. The highest BCUT2D eigenvalue weighted by Gasteiger charge is 2.07. The highest BCUT2D eigenvalue weighted by Crippen LogP contribution is 2.07. The van der Waals surface area contributed by atoms with E-state index in [1.807, 2.05) is 0 Å². The van der Waals surface area contributed by atoms with Crippen LogP contribution in [0.4, 0.5) is 0 Å². The van der Waals surface area contributed by atoms with Gasteiger partial charge >= 0.3 is 0 Å². The summed E-state index contributed by atoms with van der Waals surface area (Å²) in [7, 11) is 3.38. The van der Waals surface area contributed by atoms with Gasteiger partial charge in [-0.2, -0.15) is 0 Å². The minimum absolute atomic E-state index is 0.376. The molecule has 0 aliphatic carbocycles. The van der Waals surface area contributed by atoms with Crippen molar-refractivity contribution in [3.8, 4) is 41.1 Å². The topological polar surface area (TPSA) is 105 Å². The van der Waals surface area contributed by atoms with E-state index in [4.69, 9.17) is 20.6 Å². The van der Waals surface area contributed by atoms with Crippen LogP contribution in [0.2, 0.25) is 19.6 Å². The van der Waals surface area contributed by atoms with E-state index in [2.05, 4.69) is 82.9 Å². The molecule has 0 saturated carbocycles. The van der Waals surface area contributed by atoms with Gasteiger partial charge in [-0.3, -0.25) is 0 Å². The Morgan fingerprint density at radius 2 is 1.06 bits per heavy atom. The maximum Gasteiger partial charge on any atom is 0.204 e. The van der Waals surface area contributed by atoms with Gasteiger partial charge < -0.3 is 14.2 Å². The molecule has 0 spiro atoms. The van der Waals surface area contributed by atoms with Crippen LogP contribution in [0.25, 0.3) is 0 Å². The molecule has 0 unspecified atom stereocenters. The normalized spacial score (nSPS) is 9.39. The SMILES string of the molecule is C#Cc1ncc(OC)cn1.COc1cnc(Br)nc1.COc1cnc(C#C[Si](C)(C)C)nc1. The second-order valence-corrected chi connectivity index (χ2v) is 12.4. The second-order valence-electron chi connectivity index (χ2n) is 6.93. The fraction of sp³-hybridized carbons (Fsp3) is 0.273. The molecular formula is C22H25BrN6O3Si. The van der Waals surface area contributed by atoms with E-state index in [0.29, 0.717) is 33.6 Å². The van der Waals surface area contributed by atoms with Crippen LogP contribution in [0.1, 0.15) is 11.6 Å². The molecule has 0 amide bonds. The van der Waals surface area contributed by atoms with Gasteiger partial charge in [0, 0.05) is 0 Å². The summed E-state index contributed by atoms with van der Waals surface area (Å²) in [6.07, 6.45) is 14.5. The Bertz CT molecular complexity index is 1070. The minimum Gasteiger partial charge on any atom is -0.494 e. The maximum atomic E-state index is 5.03. The van der Waals surface area contributed by atoms with Crippen LogP contribution < -0.4 is 14.2 Å². The number of halogens is 1. The summed E-state index contributed by atoms with van der Waals surface area (Å²) in [4.78, 5) is 23.4. The van der Waals surface area contributed by atoms with E-state index in [9.17, 15) is 0 Å². The van der Waals surface area contributed by atoms with Crippen LogP contribution in [-0.4, -0.2) is 59.3 Å². The summed E-state index contributed by atoms with van der Waals surface area (Å²) < 4.78 is 15.2. The summed E-state index contributed by atoms with van der Waals surface area (Å²) in [5.74, 6) is 8.14. The lowest BCUT2D eigenvalue weighted by molar-refractivity contribution is 0.410. The van der Waals surface area contributed by atoms with Crippen molar-refractivity contribution in [2.24, 2.45) is 0 Å². The molecule has 3 rings (SSSR count). The third-order valence-corrected chi connectivity index (χ3v) is 4.52. The summed E-state index contributed by atoms with van der Waals surface area (Å²) in [5.41, 5.74) is 3.20. The van der Waals surface area contributed by atoms with Crippen LogP contribution in [0.15, 0.2) is 41.9 Å². The Hall–Kier alpha value is -3.54. The standard InChI is InChI=1S/C10H14N2OSi.C7H6N2O.C5H5BrN2O/c1-13-9-7-11-10(12-8-9)5-6-14(2,3)4;1-3-7-8-4-6(10-2)5-9-7;1-9-4-2-7-5(6)8-3-4/h7-8H,1-4H3;1,4-5H,2H3;2-3H,1H3. The van der Waals surface area contributed by atoms with Crippen LogP contribution in [0.5, 0.6) is 17.2 Å². The molecule has 0 fully saturated rings. The molecule has 11 heteroatoms. The van der Waals surface area contributed by atoms with Crippen molar-refractivity contribution in [3.05, 3.63) is 53.6 Å². The van der Waals surface area contributed by atoms with Crippen LogP contribution in [-0.2, 0) is 0 Å². The Morgan fingerprint density at radius 1 is 0.697 bits per heavy atom. The predicted molar refractivity (Wildman–Crippen MR) is 132 cm³/mol. The zero-order valence-electron chi connectivity index (χ0n) is 19.3. The van der Waals surface area contributed by atoms with Gasteiger partial charge in [0.15, 0.2) is 22.0 Å². The first-order chi connectivity index (χ1) is 15.7. The first-order valence-electron chi connectivity index (χ1n) is 9.44. The Morgan fingerprint density at radius 3 is 1.39 bits per heavy atom. The van der Waals surface area contributed by atoms with E-state index in [1.165, 1.54) is 12.4 Å². The number of rotatable bonds is 3. The van der Waals surface area contributed by atoms with Crippen molar-refractivity contribution < 1.29 is 14.2 Å². The van der Waals surface area contributed by atoms with Gasteiger partial charge in [0.1, 0.15) is 8.07 Å². The zero-order valence-corrected chi connectivity index (χ0v) is 21.9. The van der Waals surface area contributed by atoms with Crippen molar-refractivity contribution in [3.63, 3.8) is 0 Å². The number of ether oxygens (including phenoxy) is 3. The van der Waals surface area contributed by atoms with E-state index < -0.39 is 8.07 Å². The number of hydrogen-bond acceptors (Lipinski definition) is 9. The van der Waals surface area contributed by atoms with Gasteiger partial charge in [0.2, 0.25) is 11.6 Å². The molecule has 0 aliphatic heterocycles. The van der Waals surface area contributed by atoms with E-state index >= 15 is 0 Å². The van der Waals surface area contributed by atoms with E-state index in [1.54, 1.807) is 46.1 Å². The molecule has 3 aromatic rings. The number of methoxy groups -OCH3 is 3. The molecule has 172 valence electrons. The van der Waals surface area contributed by atoms with Crippen molar-refractivity contribution in [2.75, 3.05) is 21.3 Å². The van der Waals surface area contributed by atoms with E-state index in [0.717, 1.165) is 0 Å². The lowest BCUT2D eigenvalue weighted by atomic mass is 10.5. The molecule has 0 aromatic carbocycles. The van der Waals surface area contributed by atoms with Crippen molar-refractivity contribution >= 4 is 24.0 Å². The van der Waals surface area contributed by atoms with Crippen LogP contribution in [0.3, 0.4) is 0 Å². The van der Waals surface area contributed by atoms with Gasteiger partial charge in [-0.25, -0.2) is 29.9 Å². The fourth-order valence-corrected chi connectivity index (χ4v) is 2.32. The van der Waals surface area contributed by atoms with Gasteiger partial charge in [-0.05, 0) is 27.8 Å². The largest absolute Gasteiger partial charge is 0.494 e. The van der Waals surface area contributed by atoms with Gasteiger partial charge in [-0.15, -0.1) is 12.0 Å². The third-order valence-electron chi connectivity index (χ3n) is 3.24. The van der Waals surface area contributed by atoms with E-state index in [-0.39, 0.29) is 0 Å². The highest BCUT2D eigenvalue weighted by molar-refractivity contribution is 9.10. The molecular weight excluding hydrogens is 504 g/mol. The zero-order chi connectivity index (χ0) is 24.7. The lowest BCUT2D eigenvalue weighted by Gasteiger charge is -2.02. The molecule has 0 N–H and O–H groups in total. The second kappa shape index (κ2) is 14.5. The van der Waals surface area contributed by atoms with Crippen LogP contribution >= 0.6 is 15.9 Å². The quantitative estimate of drug-likeness (QED) is 0.287. The van der Waals surface area contributed by atoms with Crippen molar-refractivity contribution in [2.45, 2.75) is 19.6 Å². The molecule has 0 aliphatic rings. The maximum absolute atomic E-state index is 5.03. The molecule has 3 aromatic heterocycles. The highest BCUT2D eigenvalue weighted by atomic mass is 79.9. The lowest BCUT2D eigenvalue weighted by Crippen LogP contribution is -2.16. The summed E-state index contributed by atoms with van der Waals surface area (Å²) in [6.45, 7) is 6.55. The molecule has 0 radical (unpaired) electrons. The third kappa shape index (κ3) is 12.2. The summed E-state index contributed by atoms with van der Waals surface area (Å²) in [6, 6.07) is 0. The van der Waals surface area contributed by atoms with Gasteiger partial charge in [-0.1, -0.05) is 19.6 Å². The van der Waals surface area contributed by atoms with Crippen molar-refractivity contribution in [1.82, 2.24) is 29.9 Å². The fourth-order valence-electron chi connectivity index (χ4n) is 1.63. The van der Waals surface area contributed by atoms with Gasteiger partial charge in [0.25, 0.3) is 0 Å². The number of hydrogen-bond donors (Lipinski definition) is 0. The van der Waals surface area contributed by atoms with Crippen molar-refractivity contribution in [1.29, 1.82) is 0 Å². The Labute approximate surface area is 203 Å². The number of aromatic nitrogens is 6. The number of terminal acetylenes is 1. The minimum atomic E-state index is -1.33. The summed E-state index contributed by atoms with van der Waals surface area (Å²) in [5, 5.41) is 0. The molecule has 0 bridgehead atoms. The first-order valence-corrected chi connectivity index (χ1v) is 13.7. The monoisotopic (exact) mass is 528 g/mol. The number of nitrogens with zero attached hydrogens (tertiary/aromatic N) is 6. The van der Waals surface area contributed by atoms with Crippen LogP contribution in [0, 0.1) is 23.8 Å². The average molecular weight is 529 g/mol. The Kier molecular flexibility index (Phi) is 12.1. The molecule has 0 saturated heterocycles. The predicted octanol–water partition coefficient (Wildman–Crippen LogP) is 3.43. The molecule has 33 heavy (non-hydrogen) atoms. The smallest absolute Gasteiger partial charge is 0.204 e. The summed E-state index contributed by atoms with van der Waals surface area (Å²) >= 11 is 3.10. The molecule has 3 heterocycles. The molecule has 9 nitrogen and oxygen atoms in total. The molecule has 0 atom stereocenters. The van der Waals surface area contributed by atoms with Gasteiger partial charge in [0.05, 0.1) is 58.5 Å². The first kappa shape index (κ1) is 27.5. The average Bonchev–Trinajstić information content (AvgIpc) is 2.84.